The fraction of sp³-hybridized carbons (Fsp3) is 0.500. The van der Waals surface area contributed by atoms with Crippen molar-refractivity contribution in [1.82, 2.24) is 9.88 Å². The summed E-state index contributed by atoms with van der Waals surface area (Å²) in [5, 5.41) is 2.62. The van der Waals surface area contributed by atoms with Crippen LogP contribution in [0.4, 0.5) is 10.2 Å². The minimum absolute atomic E-state index is 0.0445. The van der Waals surface area contributed by atoms with E-state index >= 15 is 0 Å². The molecule has 1 saturated heterocycles. The van der Waals surface area contributed by atoms with Crippen LogP contribution in [0.5, 0.6) is 0 Å². The van der Waals surface area contributed by atoms with Gasteiger partial charge in [0.15, 0.2) is 11.6 Å². The van der Waals surface area contributed by atoms with Crippen LogP contribution in [0.3, 0.4) is 0 Å². The second-order valence-corrected chi connectivity index (χ2v) is 4.19. The minimum atomic E-state index is -0.608. The van der Waals surface area contributed by atoms with Crippen molar-refractivity contribution >= 4 is 11.7 Å². The van der Waals surface area contributed by atoms with Crippen LogP contribution in [0, 0.1) is 5.82 Å². The molecule has 98 valence electrons. The van der Waals surface area contributed by atoms with Gasteiger partial charge in [-0.05, 0) is 13.0 Å². The Balaban J connectivity index is 2.28. The minimum Gasteiger partial charge on any atom is -0.377 e. The quantitative estimate of drug-likeness (QED) is 0.858. The van der Waals surface area contributed by atoms with E-state index in [-0.39, 0.29) is 23.3 Å². The molecule has 1 fully saturated rings. The molecular formula is C12H16FN3O2. The number of hydrogen-bond acceptors (Lipinski definition) is 4. The Morgan fingerprint density at radius 1 is 1.67 bits per heavy atom. The number of aromatic nitrogens is 1. The summed E-state index contributed by atoms with van der Waals surface area (Å²) < 4.78 is 19.3. The number of halogens is 1. The Bertz CT molecular complexity index is 453. The highest BCUT2D eigenvalue weighted by Gasteiger charge is 2.27. The Morgan fingerprint density at radius 2 is 2.44 bits per heavy atom. The van der Waals surface area contributed by atoms with Crippen LogP contribution >= 0.6 is 0 Å². The van der Waals surface area contributed by atoms with Crippen molar-refractivity contribution in [3.63, 3.8) is 0 Å². The maximum absolute atomic E-state index is 14.0. The first-order valence-electron chi connectivity index (χ1n) is 5.86. The van der Waals surface area contributed by atoms with Gasteiger partial charge in [-0.25, -0.2) is 9.37 Å². The molecular weight excluding hydrogens is 237 g/mol. The summed E-state index contributed by atoms with van der Waals surface area (Å²) >= 11 is 0. The average molecular weight is 253 g/mol. The number of nitrogens with zero attached hydrogens (tertiary/aromatic N) is 2. The van der Waals surface area contributed by atoms with E-state index in [4.69, 9.17) is 4.74 Å². The van der Waals surface area contributed by atoms with Crippen molar-refractivity contribution in [2.24, 2.45) is 0 Å². The van der Waals surface area contributed by atoms with Crippen molar-refractivity contribution in [2.45, 2.75) is 13.0 Å². The third-order valence-corrected chi connectivity index (χ3v) is 2.98. The SMILES string of the molecule is CNc1nccc(C(=O)N2CCOCC2C)c1F. The topological polar surface area (TPSA) is 54.5 Å². The molecule has 18 heavy (non-hydrogen) atoms. The van der Waals surface area contributed by atoms with E-state index in [9.17, 15) is 9.18 Å². The highest BCUT2D eigenvalue weighted by atomic mass is 19.1. The molecule has 0 saturated carbocycles. The molecule has 0 bridgehead atoms. The van der Waals surface area contributed by atoms with Gasteiger partial charge in [0, 0.05) is 19.8 Å². The van der Waals surface area contributed by atoms with E-state index in [0.717, 1.165) is 0 Å². The molecule has 2 rings (SSSR count). The fourth-order valence-corrected chi connectivity index (χ4v) is 1.97. The first-order chi connectivity index (χ1) is 8.65. The highest BCUT2D eigenvalue weighted by molar-refractivity contribution is 5.95. The van der Waals surface area contributed by atoms with Crippen LogP contribution in [0.15, 0.2) is 12.3 Å². The number of nitrogens with one attached hydrogen (secondary N) is 1. The maximum Gasteiger partial charge on any atom is 0.257 e. The van der Waals surface area contributed by atoms with E-state index in [2.05, 4.69) is 10.3 Å². The van der Waals surface area contributed by atoms with Gasteiger partial charge in [-0.3, -0.25) is 4.79 Å². The zero-order valence-corrected chi connectivity index (χ0v) is 10.4. The monoisotopic (exact) mass is 253 g/mol. The molecule has 1 aliphatic rings. The lowest BCUT2D eigenvalue weighted by Gasteiger charge is -2.33. The Morgan fingerprint density at radius 3 is 3.11 bits per heavy atom. The van der Waals surface area contributed by atoms with Crippen LogP contribution in [-0.2, 0) is 4.74 Å². The van der Waals surface area contributed by atoms with Crippen LogP contribution in [0.1, 0.15) is 17.3 Å². The molecule has 0 spiro atoms. The van der Waals surface area contributed by atoms with Gasteiger partial charge in [0.25, 0.3) is 5.91 Å². The molecule has 1 aliphatic heterocycles. The van der Waals surface area contributed by atoms with Crippen LogP contribution in [-0.4, -0.2) is 48.6 Å². The van der Waals surface area contributed by atoms with Gasteiger partial charge in [-0.2, -0.15) is 0 Å². The van der Waals surface area contributed by atoms with Crippen LogP contribution in [0.25, 0.3) is 0 Å². The number of ether oxygens (including phenoxy) is 1. The summed E-state index contributed by atoms with van der Waals surface area (Å²) in [5.41, 5.74) is 0.0445. The lowest BCUT2D eigenvalue weighted by Crippen LogP contribution is -2.47. The number of carbonyl (C=O) groups is 1. The molecule has 0 aromatic carbocycles. The second-order valence-electron chi connectivity index (χ2n) is 4.19. The molecule has 5 nitrogen and oxygen atoms in total. The summed E-state index contributed by atoms with van der Waals surface area (Å²) in [4.78, 5) is 17.7. The summed E-state index contributed by atoms with van der Waals surface area (Å²) in [6, 6.07) is 1.36. The average Bonchev–Trinajstić information content (AvgIpc) is 2.39. The summed E-state index contributed by atoms with van der Waals surface area (Å²) in [6.07, 6.45) is 1.42. The molecule has 0 aliphatic carbocycles. The van der Waals surface area contributed by atoms with Gasteiger partial charge in [-0.15, -0.1) is 0 Å². The number of pyridine rings is 1. The van der Waals surface area contributed by atoms with E-state index in [1.165, 1.54) is 12.3 Å². The van der Waals surface area contributed by atoms with Crippen LogP contribution in [0.2, 0.25) is 0 Å². The van der Waals surface area contributed by atoms with Crippen molar-refractivity contribution < 1.29 is 13.9 Å². The Hall–Kier alpha value is -1.69. The van der Waals surface area contributed by atoms with E-state index in [1.807, 2.05) is 6.92 Å². The summed E-state index contributed by atoms with van der Waals surface area (Å²) in [5.74, 6) is -0.840. The lowest BCUT2D eigenvalue weighted by molar-refractivity contribution is 0.00335. The number of amides is 1. The Kier molecular flexibility index (Phi) is 3.76. The zero-order valence-electron chi connectivity index (χ0n) is 10.4. The molecule has 1 amide bonds. The van der Waals surface area contributed by atoms with E-state index < -0.39 is 5.82 Å². The van der Waals surface area contributed by atoms with Gasteiger partial charge in [0.1, 0.15) is 0 Å². The maximum atomic E-state index is 14.0. The van der Waals surface area contributed by atoms with Crippen molar-refractivity contribution in [3.05, 3.63) is 23.6 Å². The largest absolute Gasteiger partial charge is 0.377 e. The molecule has 1 atom stereocenters. The third kappa shape index (κ3) is 2.28. The van der Waals surface area contributed by atoms with Crippen molar-refractivity contribution in [2.75, 3.05) is 32.1 Å². The third-order valence-electron chi connectivity index (χ3n) is 2.98. The molecule has 6 heteroatoms. The highest BCUT2D eigenvalue weighted by Crippen LogP contribution is 2.18. The first kappa shape index (κ1) is 12.8. The molecule has 2 heterocycles. The number of rotatable bonds is 2. The number of carbonyl (C=O) groups excluding carboxylic acids is 1. The Labute approximate surface area is 105 Å². The molecule has 1 N–H and O–H groups in total. The number of hydrogen-bond donors (Lipinski definition) is 1. The number of morpholine rings is 1. The summed E-state index contributed by atoms with van der Waals surface area (Å²) in [6.45, 7) is 3.34. The molecule has 1 aromatic rings. The van der Waals surface area contributed by atoms with Gasteiger partial charge in [0.05, 0.1) is 24.8 Å². The predicted molar refractivity (Wildman–Crippen MR) is 65.1 cm³/mol. The zero-order chi connectivity index (χ0) is 13.1. The van der Waals surface area contributed by atoms with Crippen LogP contribution < -0.4 is 5.32 Å². The second kappa shape index (κ2) is 5.30. The molecule has 1 aromatic heterocycles. The smallest absolute Gasteiger partial charge is 0.257 e. The van der Waals surface area contributed by atoms with Gasteiger partial charge in [0.2, 0.25) is 0 Å². The normalized spacial score (nSPS) is 19.7. The fourth-order valence-electron chi connectivity index (χ4n) is 1.97. The van der Waals surface area contributed by atoms with Crippen molar-refractivity contribution in [3.8, 4) is 0 Å². The van der Waals surface area contributed by atoms with Gasteiger partial charge in [-0.1, -0.05) is 0 Å². The van der Waals surface area contributed by atoms with E-state index in [0.29, 0.717) is 19.8 Å². The standard InChI is InChI=1S/C12H16FN3O2/c1-8-7-18-6-5-16(8)12(17)9-3-4-15-11(14-2)10(9)13/h3-4,8H,5-7H2,1-2H3,(H,14,15). The molecule has 1 unspecified atom stereocenters. The molecule has 0 radical (unpaired) electrons. The lowest BCUT2D eigenvalue weighted by atomic mass is 10.1. The summed E-state index contributed by atoms with van der Waals surface area (Å²) in [7, 11) is 1.57. The first-order valence-corrected chi connectivity index (χ1v) is 5.86. The van der Waals surface area contributed by atoms with Gasteiger partial charge < -0.3 is 15.0 Å². The van der Waals surface area contributed by atoms with E-state index in [1.54, 1.807) is 11.9 Å². The predicted octanol–water partition coefficient (Wildman–Crippen LogP) is 1.12. The van der Waals surface area contributed by atoms with Crippen molar-refractivity contribution in [1.29, 1.82) is 0 Å². The van der Waals surface area contributed by atoms with Gasteiger partial charge >= 0.3 is 0 Å². The number of anilines is 1.